The molecule has 1 fully saturated rings. The van der Waals surface area contributed by atoms with Crippen molar-refractivity contribution in [3.8, 4) is 0 Å². The number of aromatic nitrogens is 1. The molecule has 0 unspecified atom stereocenters. The van der Waals surface area contributed by atoms with E-state index in [1.165, 1.54) is 35.1 Å². The topological polar surface area (TPSA) is 28.3 Å². The summed E-state index contributed by atoms with van der Waals surface area (Å²) in [5.74, 6) is 0. The van der Waals surface area contributed by atoms with Crippen LogP contribution < -0.4 is 0 Å². The highest BCUT2D eigenvalue weighted by atomic mass is 16.5. The number of nitrogens with one attached hydrogen (secondary N) is 1. The van der Waals surface area contributed by atoms with Gasteiger partial charge in [0.25, 0.3) is 0 Å². The molecule has 0 saturated carbocycles. The first-order valence-corrected chi connectivity index (χ1v) is 8.46. The van der Waals surface area contributed by atoms with E-state index in [0.29, 0.717) is 0 Å². The molecule has 1 aromatic carbocycles. The number of nitrogens with zero attached hydrogens (tertiary/aromatic N) is 1. The molecule has 1 saturated heterocycles. The van der Waals surface area contributed by atoms with Crippen LogP contribution in [0.1, 0.15) is 38.4 Å². The quantitative estimate of drug-likeness (QED) is 0.932. The number of morpholine rings is 1. The third kappa shape index (κ3) is 3.36. The van der Waals surface area contributed by atoms with Crippen LogP contribution in [0.5, 0.6) is 0 Å². The lowest BCUT2D eigenvalue weighted by Gasteiger charge is -2.26. The summed E-state index contributed by atoms with van der Waals surface area (Å²) in [6.07, 6.45) is 2.36. The molecule has 1 aliphatic rings. The summed E-state index contributed by atoms with van der Waals surface area (Å²) in [6.45, 7) is 12.0. The van der Waals surface area contributed by atoms with Crippen molar-refractivity contribution in [2.75, 3.05) is 32.8 Å². The summed E-state index contributed by atoms with van der Waals surface area (Å²) in [5, 5.41) is 1.40. The number of benzene rings is 1. The SMILES string of the molecule is CC(C)(C)c1[nH]c2ccccc2c1CCCN1CCOCC1. The van der Waals surface area contributed by atoms with Crippen molar-refractivity contribution in [3.63, 3.8) is 0 Å². The van der Waals surface area contributed by atoms with Gasteiger partial charge in [-0.2, -0.15) is 0 Å². The third-order valence-corrected chi connectivity index (χ3v) is 4.57. The van der Waals surface area contributed by atoms with Crippen molar-refractivity contribution in [1.82, 2.24) is 9.88 Å². The molecule has 3 heteroatoms. The zero-order valence-electron chi connectivity index (χ0n) is 14.1. The molecule has 0 atom stereocenters. The van der Waals surface area contributed by atoms with Gasteiger partial charge in [0, 0.05) is 35.1 Å². The molecule has 0 bridgehead atoms. The number of hydrogen-bond donors (Lipinski definition) is 1. The standard InChI is InChI=1S/C19H28N2O/c1-19(2,3)18-16(15-7-4-5-9-17(15)20-18)8-6-10-21-11-13-22-14-12-21/h4-5,7,9,20H,6,8,10-14H2,1-3H3. The minimum Gasteiger partial charge on any atom is -0.379 e. The van der Waals surface area contributed by atoms with E-state index in [0.717, 1.165) is 32.7 Å². The number of rotatable bonds is 4. The van der Waals surface area contributed by atoms with Crippen molar-refractivity contribution < 1.29 is 4.74 Å². The number of ether oxygens (including phenoxy) is 1. The maximum absolute atomic E-state index is 5.43. The van der Waals surface area contributed by atoms with Crippen molar-refractivity contribution in [3.05, 3.63) is 35.5 Å². The average molecular weight is 300 g/mol. The number of para-hydroxylation sites is 1. The maximum Gasteiger partial charge on any atom is 0.0594 e. The largest absolute Gasteiger partial charge is 0.379 e. The molecular weight excluding hydrogens is 272 g/mol. The smallest absolute Gasteiger partial charge is 0.0594 e. The Morgan fingerprint density at radius 3 is 2.59 bits per heavy atom. The first-order chi connectivity index (χ1) is 10.6. The molecule has 3 rings (SSSR count). The molecule has 1 aromatic heterocycles. The van der Waals surface area contributed by atoms with Crippen molar-refractivity contribution in [1.29, 1.82) is 0 Å². The van der Waals surface area contributed by atoms with Crippen LogP contribution in [0.25, 0.3) is 10.9 Å². The number of H-pyrrole nitrogens is 1. The van der Waals surface area contributed by atoms with Crippen LogP contribution >= 0.6 is 0 Å². The van der Waals surface area contributed by atoms with Gasteiger partial charge in [0.05, 0.1) is 13.2 Å². The van der Waals surface area contributed by atoms with Gasteiger partial charge in [0.2, 0.25) is 0 Å². The molecule has 0 aliphatic carbocycles. The molecule has 22 heavy (non-hydrogen) atoms. The van der Waals surface area contributed by atoms with Crippen LogP contribution in [-0.2, 0) is 16.6 Å². The van der Waals surface area contributed by atoms with Gasteiger partial charge in [-0.3, -0.25) is 4.90 Å². The van der Waals surface area contributed by atoms with E-state index in [4.69, 9.17) is 4.74 Å². The number of fused-ring (bicyclic) bond motifs is 1. The van der Waals surface area contributed by atoms with E-state index in [9.17, 15) is 0 Å². The second kappa shape index (κ2) is 6.43. The summed E-state index contributed by atoms with van der Waals surface area (Å²) in [4.78, 5) is 6.18. The van der Waals surface area contributed by atoms with Gasteiger partial charge in [-0.15, -0.1) is 0 Å². The van der Waals surface area contributed by atoms with Crippen LogP contribution in [0.2, 0.25) is 0 Å². The first kappa shape index (κ1) is 15.6. The fourth-order valence-corrected chi connectivity index (χ4v) is 3.40. The predicted molar refractivity (Wildman–Crippen MR) is 92.6 cm³/mol. The van der Waals surface area contributed by atoms with Gasteiger partial charge < -0.3 is 9.72 Å². The molecule has 0 spiro atoms. The lowest BCUT2D eigenvalue weighted by Crippen LogP contribution is -2.37. The zero-order chi connectivity index (χ0) is 15.6. The van der Waals surface area contributed by atoms with Crippen LogP contribution in [0.4, 0.5) is 0 Å². The molecule has 0 amide bonds. The summed E-state index contributed by atoms with van der Waals surface area (Å²) in [6, 6.07) is 8.71. The summed E-state index contributed by atoms with van der Waals surface area (Å²) >= 11 is 0. The van der Waals surface area contributed by atoms with Crippen molar-refractivity contribution >= 4 is 10.9 Å². The molecule has 1 N–H and O–H groups in total. The van der Waals surface area contributed by atoms with E-state index >= 15 is 0 Å². The van der Waals surface area contributed by atoms with Crippen molar-refractivity contribution in [2.24, 2.45) is 0 Å². The average Bonchev–Trinajstić information content (AvgIpc) is 2.88. The number of aryl methyl sites for hydroxylation is 1. The zero-order valence-corrected chi connectivity index (χ0v) is 14.1. The van der Waals surface area contributed by atoms with Gasteiger partial charge in [0.15, 0.2) is 0 Å². The summed E-state index contributed by atoms with van der Waals surface area (Å²) < 4.78 is 5.43. The summed E-state index contributed by atoms with van der Waals surface area (Å²) in [5.41, 5.74) is 4.34. The molecular formula is C19H28N2O. The van der Waals surface area contributed by atoms with Crippen LogP contribution in [-0.4, -0.2) is 42.7 Å². The molecule has 2 heterocycles. The lowest BCUT2D eigenvalue weighted by atomic mass is 9.87. The van der Waals surface area contributed by atoms with E-state index in [1.807, 2.05) is 0 Å². The van der Waals surface area contributed by atoms with E-state index < -0.39 is 0 Å². The Hall–Kier alpha value is -1.32. The lowest BCUT2D eigenvalue weighted by molar-refractivity contribution is 0.0374. The molecule has 3 nitrogen and oxygen atoms in total. The second-order valence-electron chi connectivity index (χ2n) is 7.33. The second-order valence-corrected chi connectivity index (χ2v) is 7.33. The van der Waals surface area contributed by atoms with Gasteiger partial charge in [-0.1, -0.05) is 39.0 Å². The van der Waals surface area contributed by atoms with Gasteiger partial charge in [0.1, 0.15) is 0 Å². The van der Waals surface area contributed by atoms with E-state index in [-0.39, 0.29) is 5.41 Å². The fourth-order valence-electron chi connectivity index (χ4n) is 3.40. The van der Waals surface area contributed by atoms with Crippen LogP contribution in [0.15, 0.2) is 24.3 Å². The van der Waals surface area contributed by atoms with Crippen molar-refractivity contribution in [2.45, 2.75) is 39.0 Å². The first-order valence-electron chi connectivity index (χ1n) is 8.46. The minimum absolute atomic E-state index is 0.160. The summed E-state index contributed by atoms with van der Waals surface area (Å²) in [7, 11) is 0. The van der Waals surface area contributed by atoms with E-state index in [1.54, 1.807) is 0 Å². The van der Waals surface area contributed by atoms with Gasteiger partial charge in [-0.05, 0) is 31.0 Å². The Kier molecular flexibility index (Phi) is 4.55. The Morgan fingerprint density at radius 1 is 1.14 bits per heavy atom. The maximum atomic E-state index is 5.43. The molecule has 0 radical (unpaired) electrons. The highest BCUT2D eigenvalue weighted by Crippen LogP contribution is 2.32. The van der Waals surface area contributed by atoms with E-state index in [2.05, 4.69) is 54.9 Å². The highest BCUT2D eigenvalue weighted by molar-refractivity contribution is 5.85. The Labute approximate surface area is 133 Å². The van der Waals surface area contributed by atoms with Gasteiger partial charge in [-0.25, -0.2) is 0 Å². The normalized spacial score (nSPS) is 17.2. The Bertz CT molecular complexity index is 618. The third-order valence-electron chi connectivity index (χ3n) is 4.57. The predicted octanol–water partition coefficient (Wildman–Crippen LogP) is 3.73. The number of hydrogen-bond acceptors (Lipinski definition) is 2. The van der Waals surface area contributed by atoms with Gasteiger partial charge >= 0.3 is 0 Å². The Morgan fingerprint density at radius 2 is 1.86 bits per heavy atom. The molecule has 120 valence electrons. The van der Waals surface area contributed by atoms with Crippen LogP contribution in [0, 0.1) is 0 Å². The minimum atomic E-state index is 0.160. The van der Waals surface area contributed by atoms with Crippen LogP contribution in [0.3, 0.4) is 0 Å². The number of aromatic amines is 1. The molecule has 1 aliphatic heterocycles. The molecule has 2 aromatic rings. The Balaban J connectivity index is 1.76. The fraction of sp³-hybridized carbons (Fsp3) is 0.579. The highest BCUT2D eigenvalue weighted by Gasteiger charge is 2.22. The monoisotopic (exact) mass is 300 g/mol.